The quantitative estimate of drug-likeness (QED) is 0.495. The van der Waals surface area contributed by atoms with Crippen LogP contribution in [0.25, 0.3) is 0 Å². The van der Waals surface area contributed by atoms with Gasteiger partial charge in [0.25, 0.3) is 0 Å². The molecule has 0 aromatic rings. The van der Waals surface area contributed by atoms with Crippen LogP contribution in [0.3, 0.4) is 0 Å². The summed E-state index contributed by atoms with van der Waals surface area (Å²) < 4.78 is 0. The van der Waals surface area contributed by atoms with Crippen molar-refractivity contribution in [1.82, 2.24) is 0 Å². The van der Waals surface area contributed by atoms with Crippen molar-refractivity contribution in [3.63, 3.8) is 0 Å². The zero-order valence-corrected chi connectivity index (χ0v) is 11.7. The fourth-order valence-electron chi connectivity index (χ4n) is 0.741. The first-order valence-electron chi connectivity index (χ1n) is 6.26. The molecule has 0 aliphatic heterocycles. The Kier molecular flexibility index (Phi) is 16.9. The summed E-state index contributed by atoms with van der Waals surface area (Å²) in [5, 5.41) is 0. The van der Waals surface area contributed by atoms with Gasteiger partial charge in [-0.1, -0.05) is 13.8 Å². The van der Waals surface area contributed by atoms with Crippen molar-refractivity contribution in [1.29, 1.82) is 0 Å². The van der Waals surface area contributed by atoms with Crippen molar-refractivity contribution in [2.75, 3.05) is 13.2 Å². The van der Waals surface area contributed by atoms with Gasteiger partial charge in [-0.2, -0.15) is 9.78 Å². The maximum Gasteiger partial charge on any atom is 0.342 e. The molecule has 6 nitrogen and oxygen atoms in total. The number of hydrogen-bond donors (Lipinski definition) is 0. The zero-order valence-electron chi connectivity index (χ0n) is 11.7. The standard InChI is InChI=1S/2C6H12O3/c2*1-3-5-6(7)9-8-4-2/h2*3-5H2,1-2H3. The van der Waals surface area contributed by atoms with Crippen molar-refractivity contribution < 1.29 is 29.1 Å². The largest absolute Gasteiger partial charge is 0.342 e. The van der Waals surface area contributed by atoms with E-state index in [1.165, 1.54) is 0 Å². The van der Waals surface area contributed by atoms with E-state index in [2.05, 4.69) is 19.6 Å². The lowest BCUT2D eigenvalue weighted by Crippen LogP contribution is -2.03. The number of rotatable bonds is 8. The van der Waals surface area contributed by atoms with Gasteiger partial charge in [-0.25, -0.2) is 9.59 Å². The summed E-state index contributed by atoms with van der Waals surface area (Å²) in [6.45, 7) is 8.17. The van der Waals surface area contributed by atoms with Gasteiger partial charge >= 0.3 is 11.9 Å². The Morgan fingerprint density at radius 2 is 1.06 bits per heavy atom. The molecule has 0 aromatic heterocycles. The van der Waals surface area contributed by atoms with E-state index in [1.807, 2.05) is 13.8 Å². The van der Waals surface area contributed by atoms with Gasteiger partial charge in [0.1, 0.15) is 0 Å². The predicted octanol–water partition coefficient (Wildman–Crippen LogP) is 2.56. The molecule has 0 atom stereocenters. The number of carbonyl (C=O) groups is 2. The van der Waals surface area contributed by atoms with Crippen LogP contribution in [0.1, 0.15) is 53.4 Å². The van der Waals surface area contributed by atoms with E-state index in [0.29, 0.717) is 26.1 Å². The second-order valence-electron chi connectivity index (χ2n) is 3.22. The van der Waals surface area contributed by atoms with Crippen LogP contribution in [0.15, 0.2) is 0 Å². The average molecular weight is 264 g/mol. The van der Waals surface area contributed by atoms with Gasteiger partial charge in [0.2, 0.25) is 0 Å². The van der Waals surface area contributed by atoms with Crippen molar-refractivity contribution in [3.05, 3.63) is 0 Å². The van der Waals surface area contributed by atoms with Gasteiger partial charge in [0, 0.05) is 12.8 Å². The van der Waals surface area contributed by atoms with Gasteiger partial charge in [-0.3, -0.25) is 9.78 Å². The summed E-state index contributed by atoms with van der Waals surface area (Å²) in [6.07, 6.45) is 2.46. The van der Waals surface area contributed by atoms with Crippen LogP contribution in [0, 0.1) is 0 Å². The molecule has 0 spiro atoms. The Labute approximate surface area is 108 Å². The van der Waals surface area contributed by atoms with E-state index >= 15 is 0 Å². The molecule has 0 saturated carbocycles. The summed E-state index contributed by atoms with van der Waals surface area (Å²) in [6, 6.07) is 0. The smallest absolute Gasteiger partial charge is 0.298 e. The molecule has 0 rings (SSSR count). The van der Waals surface area contributed by atoms with Crippen molar-refractivity contribution >= 4 is 11.9 Å². The molecular formula is C12H24O6. The molecule has 0 bridgehead atoms. The van der Waals surface area contributed by atoms with E-state index in [9.17, 15) is 9.59 Å². The Bertz CT molecular complexity index is 183. The summed E-state index contributed by atoms with van der Waals surface area (Å²) in [5.74, 6) is -0.585. The van der Waals surface area contributed by atoms with E-state index in [1.54, 1.807) is 13.8 Å². The molecule has 0 heterocycles. The summed E-state index contributed by atoms with van der Waals surface area (Å²) in [7, 11) is 0. The molecule has 6 heteroatoms. The lowest BCUT2D eigenvalue weighted by Gasteiger charge is -1.97. The third kappa shape index (κ3) is 17.3. The normalized spacial score (nSPS) is 9.11. The minimum absolute atomic E-state index is 0.292. The number of hydrogen-bond acceptors (Lipinski definition) is 6. The summed E-state index contributed by atoms with van der Waals surface area (Å²) in [5.41, 5.74) is 0. The van der Waals surface area contributed by atoms with Crippen LogP contribution in [-0.4, -0.2) is 25.2 Å². The molecule has 0 fully saturated rings. The first kappa shape index (κ1) is 19.2. The SMILES string of the molecule is CCCC(=O)OOCC.CCCC(=O)OOCC. The van der Waals surface area contributed by atoms with Crippen LogP contribution in [-0.2, 0) is 29.1 Å². The van der Waals surface area contributed by atoms with Crippen LogP contribution in [0.2, 0.25) is 0 Å². The Morgan fingerprint density at radius 3 is 1.28 bits per heavy atom. The highest BCUT2D eigenvalue weighted by atomic mass is 17.2. The molecule has 18 heavy (non-hydrogen) atoms. The molecular weight excluding hydrogens is 240 g/mol. The maximum atomic E-state index is 10.5. The third-order valence-corrected chi connectivity index (χ3v) is 1.45. The monoisotopic (exact) mass is 264 g/mol. The highest BCUT2D eigenvalue weighted by molar-refractivity contribution is 5.68. The van der Waals surface area contributed by atoms with Crippen molar-refractivity contribution in [2.45, 2.75) is 53.4 Å². The Balaban J connectivity index is 0. The number of carbonyl (C=O) groups excluding carboxylic acids is 2. The fourth-order valence-corrected chi connectivity index (χ4v) is 0.741. The summed E-state index contributed by atoms with van der Waals surface area (Å²) in [4.78, 5) is 38.3. The predicted molar refractivity (Wildman–Crippen MR) is 65.3 cm³/mol. The second-order valence-corrected chi connectivity index (χ2v) is 3.22. The van der Waals surface area contributed by atoms with Gasteiger partial charge in [-0.15, -0.1) is 0 Å². The first-order valence-corrected chi connectivity index (χ1v) is 6.26. The van der Waals surface area contributed by atoms with Crippen LogP contribution in [0.5, 0.6) is 0 Å². The van der Waals surface area contributed by atoms with Crippen LogP contribution < -0.4 is 0 Å². The molecule has 0 aliphatic carbocycles. The second kappa shape index (κ2) is 15.9. The Morgan fingerprint density at radius 1 is 0.722 bits per heavy atom. The molecule has 0 radical (unpaired) electrons. The molecule has 0 amide bonds. The molecule has 0 N–H and O–H groups in total. The van der Waals surface area contributed by atoms with E-state index in [0.717, 1.165) is 12.8 Å². The summed E-state index contributed by atoms with van der Waals surface area (Å²) >= 11 is 0. The van der Waals surface area contributed by atoms with E-state index in [4.69, 9.17) is 0 Å². The van der Waals surface area contributed by atoms with Gasteiger partial charge in [-0.05, 0) is 26.7 Å². The fraction of sp³-hybridized carbons (Fsp3) is 0.833. The van der Waals surface area contributed by atoms with Gasteiger partial charge in [0.05, 0.1) is 13.2 Å². The first-order chi connectivity index (χ1) is 8.62. The minimum atomic E-state index is -0.292. The highest BCUT2D eigenvalue weighted by Crippen LogP contribution is 1.91. The van der Waals surface area contributed by atoms with Gasteiger partial charge < -0.3 is 0 Å². The maximum absolute atomic E-state index is 10.5. The van der Waals surface area contributed by atoms with Crippen LogP contribution >= 0.6 is 0 Å². The lowest BCUT2D eigenvalue weighted by molar-refractivity contribution is -0.269. The molecule has 0 aliphatic rings. The average Bonchev–Trinajstić information content (AvgIpc) is 2.35. The highest BCUT2D eigenvalue weighted by Gasteiger charge is 1.99. The van der Waals surface area contributed by atoms with Gasteiger partial charge in [0.15, 0.2) is 0 Å². The Hall–Kier alpha value is -1.14. The zero-order chi connectivity index (χ0) is 14.2. The van der Waals surface area contributed by atoms with Crippen LogP contribution in [0.4, 0.5) is 0 Å². The third-order valence-electron chi connectivity index (χ3n) is 1.45. The van der Waals surface area contributed by atoms with Crippen molar-refractivity contribution in [2.24, 2.45) is 0 Å². The lowest BCUT2D eigenvalue weighted by atomic mass is 10.3. The van der Waals surface area contributed by atoms with E-state index < -0.39 is 0 Å². The van der Waals surface area contributed by atoms with Crippen molar-refractivity contribution in [3.8, 4) is 0 Å². The molecule has 0 saturated heterocycles. The topological polar surface area (TPSA) is 71.1 Å². The molecule has 108 valence electrons. The molecule has 0 unspecified atom stereocenters. The minimum Gasteiger partial charge on any atom is -0.298 e. The van der Waals surface area contributed by atoms with E-state index in [-0.39, 0.29) is 11.9 Å². The molecule has 0 aromatic carbocycles.